The molecule has 3 heterocycles. The summed E-state index contributed by atoms with van der Waals surface area (Å²) < 4.78 is 12.2. The van der Waals surface area contributed by atoms with Gasteiger partial charge in [-0.2, -0.15) is 0 Å². The zero-order valence-electron chi connectivity index (χ0n) is 15.5. The molecule has 2 aliphatic heterocycles. The number of nitrogens with zero attached hydrogens (tertiary/aromatic N) is 2. The summed E-state index contributed by atoms with van der Waals surface area (Å²) in [7, 11) is 0. The van der Waals surface area contributed by atoms with Crippen LogP contribution in [0.2, 0.25) is 0 Å². The summed E-state index contributed by atoms with van der Waals surface area (Å²) in [4.78, 5) is 6.95. The Morgan fingerprint density at radius 3 is 3.04 bits per heavy atom. The van der Waals surface area contributed by atoms with Crippen LogP contribution in [0, 0.1) is 5.92 Å². The number of ether oxygens (including phenoxy) is 2. The Morgan fingerprint density at radius 1 is 1.35 bits per heavy atom. The van der Waals surface area contributed by atoms with Crippen molar-refractivity contribution >= 4 is 11.8 Å². The summed E-state index contributed by atoms with van der Waals surface area (Å²) in [5.74, 6) is 2.32. The van der Waals surface area contributed by atoms with Crippen molar-refractivity contribution in [3.8, 4) is 5.75 Å². The number of pyridine rings is 1. The largest absolute Gasteiger partial charge is 0.494 e. The van der Waals surface area contributed by atoms with Crippen LogP contribution in [0.5, 0.6) is 5.75 Å². The molecule has 3 atom stereocenters. The monoisotopic (exact) mass is 372 g/mol. The maximum atomic E-state index is 6.26. The molecule has 0 saturated carbocycles. The molecule has 1 aromatic heterocycles. The number of rotatable bonds is 6. The highest BCUT2D eigenvalue weighted by Crippen LogP contribution is 2.41. The Hall–Kier alpha value is -1.46. The fourth-order valence-corrected chi connectivity index (χ4v) is 5.03. The van der Waals surface area contributed by atoms with Gasteiger partial charge in [-0.25, -0.2) is 4.98 Å². The molecule has 0 spiro atoms. The second-order valence-corrected chi connectivity index (χ2v) is 8.69. The first-order valence-corrected chi connectivity index (χ1v) is 10.7. The summed E-state index contributed by atoms with van der Waals surface area (Å²) in [5.41, 5.74) is 0. The molecule has 0 bridgehead atoms. The van der Waals surface area contributed by atoms with Crippen molar-refractivity contribution in [3.63, 3.8) is 0 Å². The summed E-state index contributed by atoms with van der Waals surface area (Å²) in [6, 6.07) is 3.96. The smallest absolute Gasteiger partial charge is 0.152 e. The number of fused-ring (bicyclic) bond motifs is 1. The number of likely N-dealkylation sites (tertiary alicyclic amines) is 1. The molecule has 26 heavy (non-hydrogen) atoms. The van der Waals surface area contributed by atoms with Crippen LogP contribution in [-0.4, -0.2) is 47.5 Å². The number of aromatic nitrogens is 1. The summed E-state index contributed by atoms with van der Waals surface area (Å²) >= 11 is 1.82. The van der Waals surface area contributed by atoms with Gasteiger partial charge in [-0.1, -0.05) is 17.8 Å². The molecule has 3 aliphatic rings. The molecular formula is C21H28N2O2S. The third-order valence-corrected chi connectivity index (χ3v) is 6.54. The zero-order chi connectivity index (χ0) is 17.8. The summed E-state index contributed by atoms with van der Waals surface area (Å²) in [6.45, 7) is 6.73. The lowest BCUT2D eigenvalue weighted by Crippen LogP contribution is -2.37. The highest BCUT2D eigenvalue weighted by Gasteiger charge is 2.33. The first-order valence-electron chi connectivity index (χ1n) is 9.81. The minimum atomic E-state index is 0.181. The zero-order valence-corrected chi connectivity index (χ0v) is 16.3. The molecule has 1 fully saturated rings. The molecule has 0 amide bonds. The van der Waals surface area contributed by atoms with E-state index in [0.29, 0.717) is 11.2 Å². The SMILES string of the molecule is C[C@@H]1Sc2ncccc2O[C@H]1C1C=CC(OCCCN2CCCC2)=CC1. The Morgan fingerprint density at radius 2 is 2.23 bits per heavy atom. The molecule has 1 unspecified atom stereocenters. The van der Waals surface area contributed by atoms with Crippen molar-refractivity contribution in [2.75, 3.05) is 26.2 Å². The van der Waals surface area contributed by atoms with Gasteiger partial charge in [0.2, 0.25) is 0 Å². The first kappa shape index (κ1) is 17.9. The highest BCUT2D eigenvalue weighted by atomic mass is 32.2. The predicted octanol–water partition coefficient (Wildman–Crippen LogP) is 4.29. The van der Waals surface area contributed by atoms with Crippen LogP contribution < -0.4 is 4.74 Å². The van der Waals surface area contributed by atoms with Crippen molar-refractivity contribution in [1.29, 1.82) is 0 Å². The van der Waals surface area contributed by atoms with Crippen molar-refractivity contribution in [2.45, 2.75) is 49.0 Å². The molecule has 5 heteroatoms. The molecule has 1 aromatic rings. The van der Waals surface area contributed by atoms with E-state index in [2.05, 4.69) is 35.0 Å². The predicted molar refractivity (Wildman–Crippen MR) is 106 cm³/mol. The van der Waals surface area contributed by atoms with E-state index in [1.165, 1.54) is 25.9 Å². The molecule has 140 valence electrons. The van der Waals surface area contributed by atoms with E-state index < -0.39 is 0 Å². The number of thioether (sulfide) groups is 1. The Kier molecular flexibility index (Phi) is 5.85. The third kappa shape index (κ3) is 4.26. The number of allylic oxidation sites excluding steroid dienone is 2. The molecule has 0 aromatic carbocycles. The maximum absolute atomic E-state index is 6.26. The molecule has 4 rings (SSSR count). The fraction of sp³-hybridized carbons (Fsp3) is 0.571. The van der Waals surface area contributed by atoms with E-state index in [-0.39, 0.29) is 6.10 Å². The Balaban J connectivity index is 1.24. The van der Waals surface area contributed by atoms with Crippen molar-refractivity contribution < 1.29 is 9.47 Å². The minimum Gasteiger partial charge on any atom is -0.494 e. The van der Waals surface area contributed by atoms with E-state index in [1.54, 1.807) is 0 Å². The quantitative estimate of drug-likeness (QED) is 0.696. The Labute approximate surface area is 160 Å². The normalized spacial score (nSPS) is 28.3. The van der Waals surface area contributed by atoms with Crippen LogP contribution in [0.25, 0.3) is 0 Å². The fourth-order valence-electron chi connectivity index (χ4n) is 3.93. The van der Waals surface area contributed by atoms with Gasteiger partial charge in [-0.05, 0) is 70.0 Å². The van der Waals surface area contributed by atoms with Gasteiger partial charge >= 0.3 is 0 Å². The van der Waals surface area contributed by atoms with Crippen LogP contribution in [0.4, 0.5) is 0 Å². The second-order valence-electron chi connectivity index (χ2n) is 7.33. The van der Waals surface area contributed by atoms with Gasteiger partial charge in [0.15, 0.2) is 5.75 Å². The van der Waals surface area contributed by atoms with Gasteiger partial charge in [-0.3, -0.25) is 0 Å². The highest BCUT2D eigenvalue weighted by molar-refractivity contribution is 8.00. The standard InChI is InChI=1S/C21H28N2O2S/c1-16-20(25-19-6-4-11-22-21(19)26-16)17-7-9-18(10-8-17)24-15-5-14-23-12-2-3-13-23/h4,6-7,9-11,16-17,20H,2-3,5,8,12-15H2,1H3/t16-,17?,20+/m0/s1. The average Bonchev–Trinajstić information content (AvgIpc) is 3.19. The maximum Gasteiger partial charge on any atom is 0.152 e. The molecule has 4 nitrogen and oxygen atoms in total. The van der Waals surface area contributed by atoms with E-state index in [0.717, 1.165) is 42.5 Å². The average molecular weight is 373 g/mol. The van der Waals surface area contributed by atoms with Crippen LogP contribution >= 0.6 is 11.8 Å². The first-order chi connectivity index (χ1) is 12.8. The van der Waals surface area contributed by atoms with Crippen LogP contribution in [-0.2, 0) is 4.74 Å². The Bertz CT molecular complexity index is 670. The second kappa shape index (κ2) is 8.49. The lowest BCUT2D eigenvalue weighted by Gasteiger charge is -2.35. The molecule has 1 aliphatic carbocycles. The summed E-state index contributed by atoms with van der Waals surface area (Å²) in [5, 5.41) is 1.40. The van der Waals surface area contributed by atoms with E-state index in [9.17, 15) is 0 Å². The summed E-state index contributed by atoms with van der Waals surface area (Å²) in [6.07, 6.45) is 13.4. The van der Waals surface area contributed by atoms with Crippen molar-refractivity contribution in [1.82, 2.24) is 9.88 Å². The van der Waals surface area contributed by atoms with E-state index in [1.807, 2.05) is 30.1 Å². The van der Waals surface area contributed by atoms with Gasteiger partial charge in [0.05, 0.1) is 6.61 Å². The lowest BCUT2D eigenvalue weighted by atomic mass is 9.92. The van der Waals surface area contributed by atoms with Crippen LogP contribution in [0.3, 0.4) is 0 Å². The topological polar surface area (TPSA) is 34.6 Å². The van der Waals surface area contributed by atoms with Crippen molar-refractivity contribution in [3.05, 3.63) is 42.3 Å². The van der Waals surface area contributed by atoms with Crippen LogP contribution in [0.15, 0.2) is 47.3 Å². The minimum absolute atomic E-state index is 0.181. The number of hydrogen-bond acceptors (Lipinski definition) is 5. The molecular weight excluding hydrogens is 344 g/mol. The van der Waals surface area contributed by atoms with Crippen molar-refractivity contribution in [2.24, 2.45) is 5.92 Å². The molecule has 0 radical (unpaired) electrons. The van der Waals surface area contributed by atoms with Gasteiger partial charge in [0.25, 0.3) is 0 Å². The van der Waals surface area contributed by atoms with E-state index in [4.69, 9.17) is 9.47 Å². The van der Waals surface area contributed by atoms with Crippen LogP contribution in [0.1, 0.15) is 32.6 Å². The van der Waals surface area contributed by atoms with Gasteiger partial charge in [0.1, 0.15) is 16.9 Å². The van der Waals surface area contributed by atoms with Gasteiger partial charge < -0.3 is 14.4 Å². The lowest BCUT2D eigenvalue weighted by molar-refractivity contribution is 0.143. The third-order valence-electron chi connectivity index (χ3n) is 5.37. The van der Waals surface area contributed by atoms with E-state index >= 15 is 0 Å². The van der Waals surface area contributed by atoms with Gasteiger partial charge in [0, 0.05) is 23.9 Å². The molecule has 1 saturated heterocycles. The van der Waals surface area contributed by atoms with Gasteiger partial charge in [-0.15, -0.1) is 0 Å². The molecule has 0 N–H and O–H groups in total. The number of hydrogen-bond donors (Lipinski definition) is 0.